The molecule has 0 aromatic heterocycles. The molecular formula is C22H24FNO4S. The van der Waals surface area contributed by atoms with Crippen molar-refractivity contribution >= 4 is 16.0 Å². The number of carbonyl (C=O) groups is 1. The smallest absolute Gasteiger partial charge is 0.333 e. The van der Waals surface area contributed by atoms with Gasteiger partial charge < -0.3 is 5.11 Å². The number of carboxylic acid groups (broad SMARTS) is 1. The van der Waals surface area contributed by atoms with Crippen LogP contribution in [0, 0.1) is 18.2 Å². The highest BCUT2D eigenvalue weighted by atomic mass is 32.2. The van der Waals surface area contributed by atoms with Crippen LogP contribution < -0.4 is 0 Å². The van der Waals surface area contributed by atoms with Gasteiger partial charge in [0.1, 0.15) is 5.82 Å². The highest BCUT2D eigenvalue weighted by Gasteiger charge is 2.49. The Morgan fingerprint density at radius 1 is 1.10 bits per heavy atom. The second-order valence-corrected chi connectivity index (χ2v) is 10.2. The Kier molecular flexibility index (Phi) is 5.40. The van der Waals surface area contributed by atoms with Gasteiger partial charge in [-0.3, -0.25) is 0 Å². The first-order valence-electron chi connectivity index (χ1n) is 9.23. The van der Waals surface area contributed by atoms with E-state index in [2.05, 4.69) is 0 Å². The molecule has 7 heteroatoms. The van der Waals surface area contributed by atoms with Crippen LogP contribution in [0.4, 0.5) is 4.39 Å². The van der Waals surface area contributed by atoms with E-state index in [1.54, 1.807) is 18.2 Å². The van der Waals surface area contributed by atoms with Crippen molar-refractivity contribution in [2.24, 2.45) is 5.41 Å². The van der Waals surface area contributed by atoms with E-state index in [-0.39, 0.29) is 16.0 Å². The Morgan fingerprint density at radius 2 is 1.72 bits per heavy atom. The Morgan fingerprint density at radius 3 is 2.24 bits per heavy atom. The summed E-state index contributed by atoms with van der Waals surface area (Å²) in [6.45, 7) is 7.39. The monoisotopic (exact) mass is 417 g/mol. The van der Waals surface area contributed by atoms with Gasteiger partial charge in [0, 0.05) is 6.04 Å². The van der Waals surface area contributed by atoms with E-state index < -0.39 is 39.3 Å². The Bertz CT molecular complexity index is 1070. The van der Waals surface area contributed by atoms with Crippen LogP contribution in [0.1, 0.15) is 37.9 Å². The molecule has 1 aliphatic heterocycles. The zero-order chi connectivity index (χ0) is 21.6. The summed E-state index contributed by atoms with van der Waals surface area (Å²) < 4.78 is 42.4. The van der Waals surface area contributed by atoms with Crippen molar-refractivity contribution in [3.05, 3.63) is 77.1 Å². The van der Waals surface area contributed by atoms with Crippen molar-refractivity contribution in [3.63, 3.8) is 0 Å². The number of nitrogens with zero attached hydrogens (tertiary/aromatic N) is 1. The molecule has 0 bridgehead atoms. The molecule has 0 saturated heterocycles. The molecule has 1 heterocycles. The van der Waals surface area contributed by atoms with Crippen LogP contribution >= 0.6 is 0 Å². The number of rotatable bonds is 4. The number of aryl methyl sites for hydroxylation is 1. The maximum atomic E-state index is 13.9. The summed E-state index contributed by atoms with van der Waals surface area (Å²) in [5.74, 6) is -1.78. The van der Waals surface area contributed by atoms with Gasteiger partial charge in [-0.25, -0.2) is 17.6 Å². The fourth-order valence-electron chi connectivity index (χ4n) is 3.58. The van der Waals surface area contributed by atoms with E-state index in [0.29, 0.717) is 0 Å². The molecule has 154 valence electrons. The molecule has 0 radical (unpaired) electrons. The van der Waals surface area contributed by atoms with Gasteiger partial charge in [-0.05, 0) is 42.2 Å². The molecule has 0 spiro atoms. The van der Waals surface area contributed by atoms with E-state index in [0.717, 1.165) is 5.56 Å². The normalized spacial score (nSPS) is 20.5. The van der Waals surface area contributed by atoms with Crippen LogP contribution in [0.15, 0.2) is 65.1 Å². The molecule has 0 amide bonds. The minimum atomic E-state index is -4.07. The molecule has 3 rings (SSSR count). The lowest BCUT2D eigenvalue weighted by molar-refractivity contribution is -0.133. The molecule has 5 nitrogen and oxygen atoms in total. The van der Waals surface area contributed by atoms with Crippen LogP contribution in [0.3, 0.4) is 0 Å². The summed E-state index contributed by atoms with van der Waals surface area (Å²) in [5.41, 5.74) is 0.525. The Labute approximate surface area is 170 Å². The first kappa shape index (κ1) is 21.2. The number of sulfonamides is 1. The van der Waals surface area contributed by atoms with Gasteiger partial charge in [0.25, 0.3) is 0 Å². The first-order chi connectivity index (χ1) is 13.4. The van der Waals surface area contributed by atoms with E-state index >= 15 is 0 Å². The minimum absolute atomic E-state index is 0.0683. The molecule has 2 atom stereocenters. The predicted molar refractivity (Wildman–Crippen MR) is 108 cm³/mol. The largest absolute Gasteiger partial charge is 0.478 e. The van der Waals surface area contributed by atoms with Crippen molar-refractivity contribution in [2.75, 3.05) is 0 Å². The average molecular weight is 418 g/mol. The number of carboxylic acids is 1. The van der Waals surface area contributed by atoms with Crippen LogP contribution in [-0.2, 0) is 14.8 Å². The average Bonchev–Trinajstić information content (AvgIpc) is 3.04. The second-order valence-electron chi connectivity index (χ2n) is 8.34. The number of aliphatic carboxylic acids is 1. The fraction of sp³-hybridized carbons (Fsp3) is 0.318. The number of hydrogen-bond donors (Lipinski definition) is 1. The lowest BCUT2D eigenvalue weighted by atomic mass is 9.87. The van der Waals surface area contributed by atoms with Crippen molar-refractivity contribution in [1.29, 1.82) is 0 Å². The third-order valence-electron chi connectivity index (χ3n) is 5.06. The summed E-state index contributed by atoms with van der Waals surface area (Å²) >= 11 is 0. The molecule has 1 aliphatic rings. The van der Waals surface area contributed by atoms with Crippen molar-refractivity contribution in [1.82, 2.24) is 4.31 Å². The van der Waals surface area contributed by atoms with Gasteiger partial charge in [0.2, 0.25) is 10.0 Å². The van der Waals surface area contributed by atoms with Gasteiger partial charge in [-0.2, -0.15) is 4.31 Å². The molecule has 0 saturated carbocycles. The van der Waals surface area contributed by atoms with Gasteiger partial charge in [0.05, 0.1) is 16.5 Å². The minimum Gasteiger partial charge on any atom is -0.478 e. The molecule has 29 heavy (non-hydrogen) atoms. The number of benzene rings is 2. The molecule has 2 aromatic rings. The summed E-state index contributed by atoms with van der Waals surface area (Å²) in [6.07, 6.45) is 1.48. The molecular weight excluding hydrogens is 393 g/mol. The van der Waals surface area contributed by atoms with Crippen LogP contribution in [0.25, 0.3) is 0 Å². The fourth-order valence-corrected chi connectivity index (χ4v) is 5.49. The van der Waals surface area contributed by atoms with E-state index in [4.69, 9.17) is 0 Å². The number of hydrogen-bond acceptors (Lipinski definition) is 3. The SMILES string of the molecule is Cc1ccc(S(=O)(=O)N2[C@@H](c3cccc(F)c3)C(C(=O)O)=C[C@H]2C(C)(C)C)cc1. The van der Waals surface area contributed by atoms with Crippen molar-refractivity contribution in [2.45, 2.75) is 44.7 Å². The Balaban J connectivity index is 2.25. The molecule has 0 fully saturated rings. The highest BCUT2D eigenvalue weighted by molar-refractivity contribution is 7.89. The maximum absolute atomic E-state index is 13.9. The van der Waals surface area contributed by atoms with E-state index in [1.165, 1.54) is 40.7 Å². The molecule has 2 aromatic carbocycles. The maximum Gasteiger partial charge on any atom is 0.333 e. The third-order valence-corrected chi connectivity index (χ3v) is 6.92. The van der Waals surface area contributed by atoms with Gasteiger partial charge in [-0.15, -0.1) is 0 Å². The quantitative estimate of drug-likeness (QED) is 0.805. The molecule has 1 N–H and O–H groups in total. The summed E-state index contributed by atoms with van der Waals surface area (Å²) in [6, 6.07) is 9.98. The Hall–Kier alpha value is -2.51. The first-order valence-corrected chi connectivity index (χ1v) is 10.7. The lowest BCUT2D eigenvalue weighted by Crippen LogP contribution is -2.45. The zero-order valence-corrected chi connectivity index (χ0v) is 17.6. The molecule has 0 aliphatic carbocycles. The summed E-state index contributed by atoms with van der Waals surface area (Å²) in [5, 5.41) is 9.80. The predicted octanol–water partition coefficient (Wildman–Crippen LogP) is 4.31. The van der Waals surface area contributed by atoms with E-state index in [1.807, 2.05) is 27.7 Å². The zero-order valence-electron chi connectivity index (χ0n) is 16.8. The van der Waals surface area contributed by atoms with Crippen molar-refractivity contribution in [3.8, 4) is 0 Å². The van der Waals surface area contributed by atoms with Gasteiger partial charge in [0.15, 0.2) is 0 Å². The van der Waals surface area contributed by atoms with Crippen LogP contribution in [0.2, 0.25) is 0 Å². The van der Waals surface area contributed by atoms with E-state index in [9.17, 15) is 22.7 Å². The van der Waals surface area contributed by atoms with Crippen LogP contribution in [0.5, 0.6) is 0 Å². The molecule has 0 unspecified atom stereocenters. The van der Waals surface area contributed by atoms with Gasteiger partial charge in [-0.1, -0.05) is 56.7 Å². The topological polar surface area (TPSA) is 74.7 Å². The standard InChI is InChI=1S/C22H24FNO4S/c1-14-8-10-17(11-9-14)29(27,28)24-19(22(2,3)4)13-18(21(25)26)20(24)15-6-5-7-16(23)12-15/h5-13,19-20H,1-4H3,(H,25,26)/t19-,20-/m0/s1. The van der Waals surface area contributed by atoms with Gasteiger partial charge >= 0.3 is 5.97 Å². The second kappa shape index (κ2) is 7.39. The van der Waals surface area contributed by atoms with Crippen molar-refractivity contribution < 1.29 is 22.7 Å². The summed E-state index contributed by atoms with van der Waals surface area (Å²) in [7, 11) is -4.07. The third kappa shape index (κ3) is 3.97. The summed E-state index contributed by atoms with van der Waals surface area (Å²) in [4.78, 5) is 12.1. The highest BCUT2D eigenvalue weighted by Crippen LogP contribution is 2.46. The van der Waals surface area contributed by atoms with Crippen LogP contribution in [-0.4, -0.2) is 29.8 Å². The lowest BCUT2D eigenvalue weighted by Gasteiger charge is -2.37. The number of halogens is 1.